The second-order valence-electron chi connectivity index (χ2n) is 5.42. The lowest BCUT2D eigenvalue weighted by molar-refractivity contribution is -0.384. The van der Waals surface area contributed by atoms with E-state index >= 15 is 0 Å². The number of nitrogens with zero attached hydrogens (tertiary/aromatic N) is 1. The molecule has 4 nitrogen and oxygen atoms in total. The van der Waals surface area contributed by atoms with Crippen LogP contribution in [0.25, 0.3) is 0 Å². The lowest BCUT2D eigenvalue weighted by Gasteiger charge is -2.29. The van der Waals surface area contributed by atoms with Gasteiger partial charge in [0.1, 0.15) is 5.69 Å². The molecular weight excluding hydrogens is 296 g/mol. The summed E-state index contributed by atoms with van der Waals surface area (Å²) in [6, 6.07) is 4.93. The van der Waals surface area contributed by atoms with Gasteiger partial charge in [-0.1, -0.05) is 43.6 Å². The molecule has 1 aromatic rings. The summed E-state index contributed by atoms with van der Waals surface area (Å²) in [5.74, 6) is 0.496. The van der Waals surface area contributed by atoms with Gasteiger partial charge in [-0.3, -0.25) is 10.1 Å². The van der Waals surface area contributed by atoms with Crippen molar-refractivity contribution in [2.75, 3.05) is 11.9 Å². The first-order valence-electron chi connectivity index (χ1n) is 5.92. The van der Waals surface area contributed by atoms with Gasteiger partial charge in [0.15, 0.2) is 0 Å². The number of nitro groups is 1. The molecule has 5 heteroatoms. The van der Waals surface area contributed by atoms with E-state index < -0.39 is 0 Å². The molecule has 0 atom stereocenters. The van der Waals surface area contributed by atoms with Gasteiger partial charge in [-0.05, 0) is 23.5 Å². The Morgan fingerprint density at radius 3 is 2.56 bits per heavy atom. The Morgan fingerprint density at radius 1 is 1.44 bits per heavy atom. The molecule has 0 aliphatic rings. The Labute approximate surface area is 116 Å². The maximum Gasteiger partial charge on any atom is 0.292 e. The highest BCUT2D eigenvalue weighted by Gasteiger charge is 2.23. The summed E-state index contributed by atoms with van der Waals surface area (Å²) < 4.78 is 0.831. The minimum Gasteiger partial charge on any atom is -0.379 e. The van der Waals surface area contributed by atoms with E-state index in [2.05, 4.69) is 48.9 Å². The monoisotopic (exact) mass is 314 g/mol. The Balaban J connectivity index is 2.90. The number of hydrogen-bond donors (Lipinski definition) is 1. The van der Waals surface area contributed by atoms with E-state index in [0.29, 0.717) is 18.2 Å². The summed E-state index contributed by atoms with van der Waals surface area (Å²) in [6.07, 6.45) is 0. The summed E-state index contributed by atoms with van der Waals surface area (Å²) in [5.41, 5.74) is 0.747. The molecule has 0 heterocycles. The van der Waals surface area contributed by atoms with Gasteiger partial charge in [-0.25, -0.2) is 0 Å². The van der Waals surface area contributed by atoms with E-state index in [0.717, 1.165) is 4.47 Å². The van der Waals surface area contributed by atoms with Crippen LogP contribution in [0, 0.1) is 21.4 Å². The SMILES string of the molecule is CC(C)C(C)(C)CNc1cc(Br)ccc1[N+](=O)[O-]. The van der Waals surface area contributed by atoms with Crippen LogP contribution in [0.4, 0.5) is 11.4 Å². The molecule has 0 radical (unpaired) electrons. The van der Waals surface area contributed by atoms with Gasteiger partial charge in [0.2, 0.25) is 0 Å². The number of benzene rings is 1. The van der Waals surface area contributed by atoms with E-state index in [9.17, 15) is 10.1 Å². The van der Waals surface area contributed by atoms with Gasteiger partial charge in [-0.2, -0.15) is 0 Å². The molecule has 1 rings (SSSR count). The van der Waals surface area contributed by atoms with Gasteiger partial charge >= 0.3 is 0 Å². The fourth-order valence-electron chi connectivity index (χ4n) is 1.34. The number of nitrogens with one attached hydrogen (secondary N) is 1. The topological polar surface area (TPSA) is 55.2 Å². The molecule has 0 amide bonds. The summed E-state index contributed by atoms with van der Waals surface area (Å²) in [4.78, 5) is 10.6. The molecule has 0 aliphatic carbocycles. The number of halogens is 1. The van der Waals surface area contributed by atoms with Crippen molar-refractivity contribution in [3.63, 3.8) is 0 Å². The number of rotatable bonds is 5. The highest BCUT2D eigenvalue weighted by molar-refractivity contribution is 9.10. The average Bonchev–Trinajstić information content (AvgIpc) is 2.26. The predicted molar refractivity (Wildman–Crippen MR) is 77.9 cm³/mol. The molecule has 0 spiro atoms. The van der Waals surface area contributed by atoms with Crippen LogP contribution in [0.15, 0.2) is 22.7 Å². The van der Waals surface area contributed by atoms with Crippen LogP contribution in [-0.2, 0) is 0 Å². The first-order chi connectivity index (χ1) is 8.24. The van der Waals surface area contributed by atoms with Crippen molar-refractivity contribution in [2.45, 2.75) is 27.7 Å². The molecule has 0 bridgehead atoms. The quantitative estimate of drug-likeness (QED) is 0.645. The lowest BCUT2D eigenvalue weighted by Crippen LogP contribution is -2.28. The molecule has 18 heavy (non-hydrogen) atoms. The van der Waals surface area contributed by atoms with Gasteiger partial charge in [0, 0.05) is 17.1 Å². The normalized spacial score (nSPS) is 11.7. The molecule has 0 unspecified atom stereocenters. The first kappa shape index (κ1) is 15.0. The molecule has 0 aliphatic heterocycles. The molecule has 0 aromatic heterocycles. The lowest BCUT2D eigenvalue weighted by atomic mass is 9.81. The smallest absolute Gasteiger partial charge is 0.292 e. The summed E-state index contributed by atoms with van der Waals surface area (Å²) in [5, 5.41) is 14.1. The Bertz CT molecular complexity index is 445. The van der Waals surface area contributed by atoms with Crippen molar-refractivity contribution < 1.29 is 4.92 Å². The van der Waals surface area contributed by atoms with Crippen LogP contribution in [0.3, 0.4) is 0 Å². The van der Waals surface area contributed by atoms with Crippen molar-refractivity contribution in [3.05, 3.63) is 32.8 Å². The molecule has 1 N–H and O–H groups in total. The maximum absolute atomic E-state index is 10.9. The van der Waals surface area contributed by atoms with Crippen LogP contribution in [0.5, 0.6) is 0 Å². The summed E-state index contributed by atoms with van der Waals surface area (Å²) in [6.45, 7) is 9.29. The van der Waals surface area contributed by atoms with Crippen molar-refractivity contribution in [1.29, 1.82) is 0 Å². The van der Waals surface area contributed by atoms with E-state index in [1.165, 1.54) is 6.07 Å². The molecule has 0 saturated heterocycles. The average molecular weight is 315 g/mol. The number of hydrogen-bond acceptors (Lipinski definition) is 3. The third-order valence-electron chi connectivity index (χ3n) is 3.45. The standard InChI is InChI=1S/C13H19BrN2O2/c1-9(2)13(3,4)8-15-11-7-10(14)5-6-12(11)16(17)18/h5-7,9,15H,8H2,1-4H3. The zero-order valence-electron chi connectivity index (χ0n) is 11.2. The van der Waals surface area contributed by atoms with E-state index in [4.69, 9.17) is 0 Å². The maximum atomic E-state index is 10.9. The van der Waals surface area contributed by atoms with Crippen molar-refractivity contribution in [1.82, 2.24) is 0 Å². The van der Waals surface area contributed by atoms with Crippen LogP contribution < -0.4 is 5.32 Å². The molecular formula is C13H19BrN2O2. The first-order valence-corrected chi connectivity index (χ1v) is 6.71. The van der Waals surface area contributed by atoms with Gasteiger partial charge in [0.05, 0.1) is 4.92 Å². The van der Waals surface area contributed by atoms with Crippen LogP contribution in [0.2, 0.25) is 0 Å². The summed E-state index contributed by atoms with van der Waals surface area (Å²) in [7, 11) is 0. The molecule has 100 valence electrons. The summed E-state index contributed by atoms with van der Waals surface area (Å²) >= 11 is 3.33. The largest absolute Gasteiger partial charge is 0.379 e. The second kappa shape index (κ2) is 5.69. The fourth-order valence-corrected chi connectivity index (χ4v) is 1.70. The number of anilines is 1. The Morgan fingerprint density at radius 2 is 2.06 bits per heavy atom. The minimum atomic E-state index is -0.364. The number of nitro benzene ring substituents is 1. The van der Waals surface area contributed by atoms with Gasteiger partial charge < -0.3 is 5.32 Å². The van der Waals surface area contributed by atoms with Crippen molar-refractivity contribution >= 4 is 27.3 Å². The van der Waals surface area contributed by atoms with Crippen molar-refractivity contribution in [3.8, 4) is 0 Å². The van der Waals surface area contributed by atoms with E-state index in [1.807, 2.05) is 0 Å². The highest BCUT2D eigenvalue weighted by Crippen LogP contribution is 2.31. The third-order valence-corrected chi connectivity index (χ3v) is 3.95. The van der Waals surface area contributed by atoms with E-state index in [1.54, 1.807) is 12.1 Å². The molecule has 0 fully saturated rings. The fraction of sp³-hybridized carbons (Fsp3) is 0.538. The van der Waals surface area contributed by atoms with Crippen molar-refractivity contribution in [2.24, 2.45) is 11.3 Å². The Kier molecular flexibility index (Phi) is 4.73. The Hall–Kier alpha value is -1.10. The molecule has 1 aromatic carbocycles. The van der Waals surface area contributed by atoms with E-state index in [-0.39, 0.29) is 16.0 Å². The zero-order valence-corrected chi connectivity index (χ0v) is 12.7. The van der Waals surface area contributed by atoms with Crippen LogP contribution >= 0.6 is 15.9 Å². The minimum absolute atomic E-state index is 0.0795. The van der Waals surface area contributed by atoms with Gasteiger partial charge in [-0.15, -0.1) is 0 Å². The molecule has 0 saturated carbocycles. The second-order valence-corrected chi connectivity index (χ2v) is 6.33. The van der Waals surface area contributed by atoms with Gasteiger partial charge in [0.25, 0.3) is 5.69 Å². The zero-order chi connectivity index (χ0) is 13.9. The van der Waals surface area contributed by atoms with Crippen LogP contribution in [-0.4, -0.2) is 11.5 Å². The van der Waals surface area contributed by atoms with Crippen LogP contribution in [0.1, 0.15) is 27.7 Å². The third kappa shape index (κ3) is 3.70. The highest BCUT2D eigenvalue weighted by atomic mass is 79.9. The predicted octanol–water partition coefficient (Wildman–Crippen LogP) is 4.45.